The van der Waals surface area contributed by atoms with E-state index in [1.165, 1.54) is 11.8 Å². The number of rotatable bonds is 7. The Morgan fingerprint density at radius 1 is 1.18 bits per heavy atom. The number of aryl methyl sites for hydroxylation is 1. The molecule has 8 nitrogen and oxygen atoms in total. The molecular weight excluding hydrogens is 534 g/mol. The molecule has 0 saturated carbocycles. The normalized spacial score (nSPS) is 17.0. The van der Waals surface area contributed by atoms with E-state index >= 15 is 0 Å². The van der Waals surface area contributed by atoms with E-state index in [1.807, 2.05) is 29.0 Å². The summed E-state index contributed by atoms with van der Waals surface area (Å²) in [6.45, 7) is 3.19. The van der Waals surface area contributed by atoms with Crippen molar-refractivity contribution < 1.29 is 13.5 Å². The minimum Gasteiger partial charge on any atom is -0.481 e. The summed E-state index contributed by atoms with van der Waals surface area (Å²) in [5.41, 5.74) is 8.59. The summed E-state index contributed by atoms with van der Waals surface area (Å²) in [6.07, 6.45) is 7.25. The first kappa shape index (κ1) is 26.5. The van der Waals surface area contributed by atoms with Crippen molar-refractivity contribution in [2.45, 2.75) is 43.4 Å². The van der Waals surface area contributed by atoms with Crippen LogP contribution in [0, 0.1) is 11.6 Å². The topological polar surface area (TPSA) is 89.5 Å². The first-order valence-electron chi connectivity index (χ1n) is 13.3. The van der Waals surface area contributed by atoms with Crippen molar-refractivity contribution in [3.63, 3.8) is 0 Å². The third-order valence-corrected chi connectivity index (χ3v) is 8.73. The Morgan fingerprint density at radius 2 is 2.05 bits per heavy atom. The predicted octanol–water partition coefficient (Wildman–Crippen LogP) is 4.44. The molecule has 1 fully saturated rings. The first-order chi connectivity index (χ1) is 19.4. The molecule has 2 aliphatic rings. The van der Waals surface area contributed by atoms with Crippen molar-refractivity contribution in [2.24, 2.45) is 0 Å². The third-order valence-electron chi connectivity index (χ3n) is 7.68. The summed E-state index contributed by atoms with van der Waals surface area (Å²) in [5.74, 6) is -0.264. The highest BCUT2D eigenvalue weighted by Crippen LogP contribution is 2.35. The number of halogens is 2. The van der Waals surface area contributed by atoms with Crippen molar-refractivity contribution >= 4 is 34.2 Å². The largest absolute Gasteiger partial charge is 0.481 e. The summed E-state index contributed by atoms with van der Waals surface area (Å²) >= 11 is 1.26. The van der Waals surface area contributed by atoms with E-state index in [2.05, 4.69) is 19.8 Å². The monoisotopic (exact) mass is 564 g/mol. The standard InChI is InChI=1S/C29H30F2N6O2S/c1-39-25-11-18(6-7-33-25)14-37(21-3-2-8-35(17-21)20-4-5-24(32)34-13-20)16-19-15-36-9-10-40-29-26(31)23(30)12-22(27(29)36)28(19)38/h4-7,11-13,15,21H,2-3,8-10,14,16-17H2,1H3,(H2,32,34)/t21-/m0/s1. The lowest BCUT2D eigenvalue weighted by molar-refractivity contribution is 0.158. The van der Waals surface area contributed by atoms with Gasteiger partial charge >= 0.3 is 0 Å². The fraction of sp³-hybridized carbons (Fsp3) is 0.345. The van der Waals surface area contributed by atoms with Crippen molar-refractivity contribution in [1.82, 2.24) is 19.4 Å². The van der Waals surface area contributed by atoms with Crippen LogP contribution < -0.4 is 20.8 Å². The average Bonchev–Trinajstić information content (AvgIpc) is 2.98. The molecule has 0 amide bonds. The third kappa shape index (κ3) is 5.11. The second-order valence-corrected chi connectivity index (χ2v) is 11.3. The quantitative estimate of drug-likeness (QED) is 0.353. The maximum Gasteiger partial charge on any atom is 0.213 e. The molecule has 1 aromatic carbocycles. The van der Waals surface area contributed by atoms with Gasteiger partial charge < -0.3 is 19.9 Å². The lowest BCUT2D eigenvalue weighted by atomic mass is 10.0. The Bertz CT molecular complexity index is 1610. The van der Waals surface area contributed by atoms with E-state index in [0.717, 1.165) is 43.2 Å². The molecule has 5 heterocycles. The Labute approximate surface area is 234 Å². The van der Waals surface area contributed by atoms with E-state index in [0.29, 0.717) is 48.2 Å². The van der Waals surface area contributed by atoms with Gasteiger partial charge in [0.2, 0.25) is 5.88 Å². The van der Waals surface area contributed by atoms with Crippen LogP contribution in [-0.4, -0.2) is 51.4 Å². The highest BCUT2D eigenvalue weighted by atomic mass is 32.2. The number of nitrogens with two attached hydrogens (primary N) is 1. The lowest BCUT2D eigenvalue weighted by Crippen LogP contribution is -2.48. The molecule has 0 aliphatic carbocycles. The molecule has 0 unspecified atom stereocenters. The van der Waals surface area contributed by atoms with Crippen molar-refractivity contribution in [2.75, 3.05) is 36.6 Å². The zero-order chi connectivity index (χ0) is 27.8. The molecule has 2 aliphatic heterocycles. The Hall–Kier alpha value is -3.70. The highest BCUT2D eigenvalue weighted by molar-refractivity contribution is 7.99. The summed E-state index contributed by atoms with van der Waals surface area (Å²) < 4.78 is 36.4. The summed E-state index contributed by atoms with van der Waals surface area (Å²) in [6, 6.07) is 8.80. The van der Waals surface area contributed by atoms with Gasteiger partial charge in [-0.15, -0.1) is 11.8 Å². The number of nitrogen functional groups attached to an aromatic ring is 1. The van der Waals surface area contributed by atoms with E-state index in [1.54, 1.807) is 25.6 Å². The van der Waals surface area contributed by atoms with Crippen LogP contribution in [0.1, 0.15) is 24.0 Å². The summed E-state index contributed by atoms with van der Waals surface area (Å²) in [4.78, 5) is 27.0. The molecule has 0 radical (unpaired) electrons. The number of ether oxygens (including phenoxy) is 1. The van der Waals surface area contributed by atoms with Gasteiger partial charge in [-0.3, -0.25) is 9.69 Å². The molecule has 3 aromatic heterocycles. The van der Waals surface area contributed by atoms with Crippen LogP contribution in [0.15, 0.2) is 58.6 Å². The summed E-state index contributed by atoms with van der Waals surface area (Å²) in [7, 11) is 1.58. The van der Waals surface area contributed by atoms with Gasteiger partial charge in [-0.2, -0.15) is 0 Å². The molecule has 0 spiro atoms. The van der Waals surface area contributed by atoms with E-state index in [4.69, 9.17) is 10.5 Å². The molecule has 1 saturated heterocycles. The Morgan fingerprint density at radius 3 is 2.85 bits per heavy atom. The Kier molecular flexibility index (Phi) is 7.33. The second-order valence-electron chi connectivity index (χ2n) is 10.2. The van der Waals surface area contributed by atoms with Crippen LogP contribution in [0.2, 0.25) is 0 Å². The number of piperidine rings is 1. The molecule has 11 heteroatoms. The number of pyridine rings is 3. The number of methoxy groups -OCH3 is 1. The zero-order valence-electron chi connectivity index (χ0n) is 22.1. The van der Waals surface area contributed by atoms with Crippen LogP contribution in [0.25, 0.3) is 10.9 Å². The minimum atomic E-state index is -0.988. The van der Waals surface area contributed by atoms with Crippen LogP contribution in [0.3, 0.4) is 0 Å². The summed E-state index contributed by atoms with van der Waals surface area (Å²) in [5, 5.41) is 0.224. The molecule has 0 bridgehead atoms. The van der Waals surface area contributed by atoms with Crippen molar-refractivity contribution in [1.29, 1.82) is 0 Å². The molecule has 2 N–H and O–H groups in total. The Balaban J connectivity index is 1.38. The average molecular weight is 565 g/mol. The number of hydrogen-bond acceptors (Lipinski definition) is 8. The highest BCUT2D eigenvalue weighted by Gasteiger charge is 2.28. The predicted molar refractivity (Wildman–Crippen MR) is 153 cm³/mol. The second kappa shape index (κ2) is 11.1. The van der Waals surface area contributed by atoms with Crippen LogP contribution in [0.4, 0.5) is 20.3 Å². The van der Waals surface area contributed by atoms with Crippen molar-refractivity contribution in [3.8, 4) is 5.88 Å². The van der Waals surface area contributed by atoms with E-state index in [9.17, 15) is 13.6 Å². The zero-order valence-corrected chi connectivity index (χ0v) is 23.0. The first-order valence-corrected chi connectivity index (χ1v) is 14.3. The number of anilines is 2. The number of hydrogen-bond donors (Lipinski definition) is 1. The van der Waals surface area contributed by atoms with Gasteiger partial charge in [0.1, 0.15) is 5.82 Å². The number of thioether (sulfide) groups is 1. The number of nitrogens with zero attached hydrogens (tertiary/aromatic N) is 5. The van der Waals surface area contributed by atoms with E-state index < -0.39 is 11.6 Å². The molecule has 1 atom stereocenters. The fourth-order valence-electron chi connectivity index (χ4n) is 5.70. The van der Waals surface area contributed by atoms with Gasteiger partial charge in [-0.05, 0) is 42.7 Å². The lowest BCUT2D eigenvalue weighted by Gasteiger charge is -2.40. The van der Waals surface area contributed by atoms with Crippen LogP contribution in [0.5, 0.6) is 5.88 Å². The van der Waals surface area contributed by atoms with Crippen molar-refractivity contribution in [3.05, 3.63) is 81.9 Å². The maximum absolute atomic E-state index is 14.6. The fourth-order valence-corrected chi connectivity index (χ4v) is 6.78. The van der Waals surface area contributed by atoms with Crippen LogP contribution >= 0.6 is 11.8 Å². The molecular formula is C29H30F2N6O2S. The van der Waals surface area contributed by atoms with Gasteiger partial charge in [-0.1, -0.05) is 0 Å². The minimum absolute atomic E-state index is 0.123. The molecule has 4 aromatic rings. The van der Waals surface area contributed by atoms with Gasteiger partial charge in [0.25, 0.3) is 0 Å². The van der Waals surface area contributed by atoms with Gasteiger partial charge in [0.05, 0.1) is 34.8 Å². The SMILES string of the molecule is COc1cc(CN(Cc2cn3c4c(c(F)c(F)cc4c2=O)SCC3)[C@H]2CCCN(c3ccc(N)nc3)C2)ccn1. The van der Waals surface area contributed by atoms with Gasteiger partial charge in [0, 0.05) is 68.5 Å². The van der Waals surface area contributed by atoms with Crippen LogP contribution in [-0.2, 0) is 19.6 Å². The molecule has 40 heavy (non-hydrogen) atoms. The molecule has 6 rings (SSSR count). The smallest absolute Gasteiger partial charge is 0.213 e. The van der Waals surface area contributed by atoms with E-state index in [-0.39, 0.29) is 21.8 Å². The number of aromatic nitrogens is 3. The maximum atomic E-state index is 14.6. The van der Waals surface area contributed by atoms with Gasteiger partial charge in [0.15, 0.2) is 17.1 Å². The number of benzene rings is 1. The molecule has 208 valence electrons. The van der Waals surface area contributed by atoms with Gasteiger partial charge in [-0.25, -0.2) is 18.7 Å².